The van der Waals surface area contributed by atoms with Crippen molar-refractivity contribution in [1.82, 2.24) is 9.78 Å². The Hall–Kier alpha value is -2.43. The topological polar surface area (TPSA) is 72.2 Å². The summed E-state index contributed by atoms with van der Waals surface area (Å²) in [7, 11) is 0. The molecule has 5 nitrogen and oxygen atoms in total. The van der Waals surface area contributed by atoms with Gasteiger partial charge in [-0.15, -0.1) is 0 Å². The molecule has 2 aromatic rings. The number of carbonyl (C=O) groups is 2. The van der Waals surface area contributed by atoms with Crippen LogP contribution in [0.15, 0.2) is 30.5 Å². The van der Waals surface area contributed by atoms with Crippen molar-refractivity contribution in [2.24, 2.45) is 0 Å². The van der Waals surface area contributed by atoms with Gasteiger partial charge in [-0.1, -0.05) is 25.1 Å². The van der Waals surface area contributed by atoms with Crippen LogP contribution in [0.3, 0.4) is 0 Å². The third-order valence-corrected chi connectivity index (χ3v) is 2.69. The van der Waals surface area contributed by atoms with Crippen LogP contribution in [0.2, 0.25) is 0 Å². The van der Waals surface area contributed by atoms with Gasteiger partial charge in [-0.2, -0.15) is 5.10 Å². The smallest absolute Gasteiger partial charge is 0.357 e. The molecule has 0 atom stereocenters. The van der Waals surface area contributed by atoms with E-state index in [9.17, 15) is 9.59 Å². The highest BCUT2D eigenvalue weighted by Crippen LogP contribution is 2.16. The lowest BCUT2D eigenvalue weighted by molar-refractivity contribution is 0.0687. The maximum absolute atomic E-state index is 10.9. The second-order valence-electron chi connectivity index (χ2n) is 3.78. The van der Waals surface area contributed by atoms with Crippen LogP contribution in [0.1, 0.15) is 33.3 Å². The molecule has 0 unspecified atom stereocenters. The zero-order valence-electron chi connectivity index (χ0n) is 9.83. The molecule has 1 aromatic heterocycles. The van der Waals surface area contributed by atoms with Gasteiger partial charge in [0.1, 0.15) is 0 Å². The first-order chi connectivity index (χ1) is 8.67. The number of carboxylic acids is 1. The van der Waals surface area contributed by atoms with Crippen molar-refractivity contribution >= 4 is 12.3 Å². The van der Waals surface area contributed by atoms with Crippen molar-refractivity contribution in [3.63, 3.8) is 0 Å². The van der Waals surface area contributed by atoms with Crippen LogP contribution in [0.4, 0.5) is 0 Å². The van der Waals surface area contributed by atoms with Gasteiger partial charge < -0.3 is 5.11 Å². The van der Waals surface area contributed by atoms with Gasteiger partial charge in [0.15, 0.2) is 12.0 Å². The molecule has 0 spiro atoms. The molecular formula is C13H12N2O3. The SMILES string of the molecule is CCc1ccccc1-n1cc(C=O)c(C(=O)O)n1. The fourth-order valence-corrected chi connectivity index (χ4v) is 1.80. The van der Waals surface area contributed by atoms with Gasteiger partial charge in [0.25, 0.3) is 0 Å². The van der Waals surface area contributed by atoms with E-state index in [-0.39, 0.29) is 11.3 Å². The highest BCUT2D eigenvalue weighted by molar-refractivity contribution is 5.95. The highest BCUT2D eigenvalue weighted by Gasteiger charge is 2.16. The highest BCUT2D eigenvalue weighted by atomic mass is 16.4. The second kappa shape index (κ2) is 4.83. The summed E-state index contributed by atoms with van der Waals surface area (Å²) in [6.45, 7) is 2.00. The van der Waals surface area contributed by atoms with E-state index < -0.39 is 5.97 Å². The molecule has 0 amide bonds. The van der Waals surface area contributed by atoms with Crippen LogP contribution in [0.5, 0.6) is 0 Å². The Morgan fingerprint density at radius 1 is 1.44 bits per heavy atom. The van der Waals surface area contributed by atoms with Crippen LogP contribution < -0.4 is 0 Å². The van der Waals surface area contributed by atoms with Gasteiger partial charge in [0.05, 0.1) is 11.3 Å². The van der Waals surface area contributed by atoms with Crippen molar-refractivity contribution < 1.29 is 14.7 Å². The molecule has 0 aliphatic heterocycles. The summed E-state index contributed by atoms with van der Waals surface area (Å²) in [5.74, 6) is -1.20. The standard InChI is InChI=1S/C13H12N2O3/c1-2-9-5-3-4-6-11(9)15-7-10(8-16)12(14-15)13(17)18/h3-8H,2H2,1H3,(H,17,18). The minimum absolute atomic E-state index is 0.0772. The van der Waals surface area contributed by atoms with Gasteiger partial charge in [-0.05, 0) is 18.1 Å². The largest absolute Gasteiger partial charge is 0.476 e. The molecule has 1 aromatic carbocycles. The molecule has 1 N–H and O–H groups in total. The number of aromatic nitrogens is 2. The summed E-state index contributed by atoms with van der Waals surface area (Å²) in [6, 6.07) is 7.53. The Labute approximate surface area is 104 Å². The van der Waals surface area contributed by atoms with Crippen LogP contribution in [-0.2, 0) is 6.42 Å². The third kappa shape index (κ3) is 2.02. The average molecular weight is 244 g/mol. The number of aldehydes is 1. The predicted molar refractivity (Wildman–Crippen MR) is 65.3 cm³/mol. The molecule has 18 heavy (non-hydrogen) atoms. The first kappa shape index (κ1) is 12.0. The Morgan fingerprint density at radius 3 is 2.72 bits per heavy atom. The van der Waals surface area contributed by atoms with Crippen LogP contribution >= 0.6 is 0 Å². The minimum Gasteiger partial charge on any atom is -0.476 e. The van der Waals surface area contributed by atoms with Crippen LogP contribution in [0, 0.1) is 0 Å². The number of hydrogen-bond donors (Lipinski definition) is 1. The zero-order valence-corrected chi connectivity index (χ0v) is 9.83. The predicted octanol–water partition coefficient (Wildman–Crippen LogP) is 1.95. The summed E-state index contributed by atoms with van der Waals surface area (Å²) < 4.78 is 1.44. The molecule has 0 fully saturated rings. The maximum atomic E-state index is 10.9. The van der Waals surface area contributed by atoms with Crippen molar-refractivity contribution in [2.75, 3.05) is 0 Å². The van der Waals surface area contributed by atoms with E-state index >= 15 is 0 Å². The molecule has 0 aliphatic rings. The van der Waals surface area contributed by atoms with Crippen molar-refractivity contribution in [3.05, 3.63) is 47.3 Å². The number of nitrogens with zero attached hydrogens (tertiary/aromatic N) is 2. The quantitative estimate of drug-likeness (QED) is 0.834. The number of carboxylic acid groups (broad SMARTS) is 1. The van der Waals surface area contributed by atoms with E-state index in [0.717, 1.165) is 17.7 Å². The Morgan fingerprint density at radius 2 is 2.17 bits per heavy atom. The van der Waals surface area contributed by atoms with E-state index in [1.807, 2.05) is 31.2 Å². The Kier molecular flexibility index (Phi) is 3.23. The molecular weight excluding hydrogens is 232 g/mol. The fourth-order valence-electron chi connectivity index (χ4n) is 1.80. The monoisotopic (exact) mass is 244 g/mol. The second-order valence-corrected chi connectivity index (χ2v) is 3.78. The lowest BCUT2D eigenvalue weighted by Gasteiger charge is -2.06. The first-order valence-electron chi connectivity index (χ1n) is 5.53. The van der Waals surface area contributed by atoms with Gasteiger partial charge in [0.2, 0.25) is 0 Å². The summed E-state index contributed by atoms with van der Waals surface area (Å²) in [4.78, 5) is 21.8. The Balaban J connectivity index is 2.58. The summed E-state index contributed by atoms with van der Waals surface area (Å²) >= 11 is 0. The minimum atomic E-state index is -1.20. The van der Waals surface area contributed by atoms with Gasteiger partial charge >= 0.3 is 5.97 Å². The molecule has 0 saturated heterocycles. The molecule has 2 rings (SSSR count). The zero-order chi connectivity index (χ0) is 13.1. The van der Waals surface area contributed by atoms with E-state index in [1.165, 1.54) is 10.9 Å². The average Bonchev–Trinajstić information content (AvgIpc) is 2.82. The molecule has 0 aliphatic carbocycles. The van der Waals surface area contributed by atoms with Crippen LogP contribution in [-0.4, -0.2) is 27.1 Å². The van der Waals surface area contributed by atoms with Crippen molar-refractivity contribution in [3.8, 4) is 5.69 Å². The molecule has 92 valence electrons. The number of aryl methyl sites for hydroxylation is 1. The van der Waals surface area contributed by atoms with E-state index in [2.05, 4.69) is 5.10 Å². The molecule has 0 bridgehead atoms. The van der Waals surface area contributed by atoms with E-state index in [4.69, 9.17) is 5.11 Å². The maximum Gasteiger partial charge on any atom is 0.357 e. The van der Waals surface area contributed by atoms with Gasteiger partial charge in [-0.25, -0.2) is 9.48 Å². The normalized spacial score (nSPS) is 10.3. The van der Waals surface area contributed by atoms with E-state index in [1.54, 1.807) is 0 Å². The summed E-state index contributed by atoms with van der Waals surface area (Å²) in [5, 5.41) is 12.9. The van der Waals surface area contributed by atoms with E-state index in [0.29, 0.717) is 6.29 Å². The number of aromatic carboxylic acids is 1. The molecule has 0 radical (unpaired) electrons. The van der Waals surface area contributed by atoms with Crippen molar-refractivity contribution in [1.29, 1.82) is 0 Å². The lowest BCUT2D eigenvalue weighted by Crippen LogP contribution is -2.03. The summed E-state index contributed by atoms with van der Waals surface area (Å²) in [5.41, 5.74) is 1.68. The first-order valence-corrected chi connectivity index (χ1v) is 5.53. The number of carbonyl (C=O) groups excluding carboxylic acids is 1. The number of para-hydroxylation sites is 1. The number of rotatable bonds is 4. The lowest BCUT2D eigenvalue weighted by atomic mass is 10.1. The Bertz CT molecular complexity index is 602. The fraction of sp³-hybridized carbons (Fsp3) is 0.154. The van der Waals surface area contributed by atoms with Crippen LogP contribution in [0.25, 0.3) is 5.69 Å². The van der Waals surface area contributed by atoms with Gasteiger partial charge in [-0.3, -0.25) is 4.79 Å². The third-order valence-electron chi connectivity index (χ3n) is 2.69. The molecule has 1 heterocycles. The number of benzene rings is 1. The number of hydrogen-bond acceptors (Lipinski definition) is 3. The molecule has 5 heteroatoms. The summed E-state index contributed by atoms with van der Waals surface area (Å²) in [6.07, 6.45) is 2.74. The molecule has 0 saturated carbocycles. The van der Waals surface area contributed by atoms with Crippen molar-refractivity contribution in [2.45, 2.75) is 13.3 Å². The van der Waals surface area contributed by atoms with Gasteiger partial charge in [0, 0.05) is 6.20 Å².